The molecule has 94 valence electrons. The zero-order valence-corrected chi connectivity index (χ0v) is 15.2. The van der Waals surface area contributed by atoms with Crippen LogP contribution in [0.4, 0.5) is 0 Å². The summed E-state index contributed by atoms with van der Waals surface area (Å²) in [5, 5.41) is 34.9. The maximum atomic E-state index is 8.70. The van der Waals surface area contributed by atoms with Crippen molar-refractivity contribution < 1.29 is 51.4 Å². The number of nitrogens with zero attached hydrogens (tertiary/aromatic N) is 4. The van der Waals surface area contributed by atoms with Gasteiger partial charge in [-0.3, -0.25) is 0 Å². The third kappa shape index (κ3) is 8.21. The molecule has 0 saturated carbocycles. The first-order chi connectivity index (χ1) is 9.12. The maximum absolute atomic E-state index is 8.70. The first kappa shape index (κ1) is 21.3. The van der Waals surface area contributed by atoms with Crippen LogP contribution < -0.4 is 51.4 Å². The Bertz CT molecular complexity index is 546. The Balaban J connectivity index is 0. The van der Waals surface area contributed by atoms with E-state index < -0.39 is 0 Å². The number of hydrogen-bond acceptors (Lipinski definition) is 4. The predicted molar refractivity (Wildman–Crippen MR) is 70.7 cm³/mol. The van der Waals surface area contributed by atoms with Gasteiger partial charge in [0.05, 0.1) is 0 Å². The van der Waals surface area contributed by atoms with Gasteiger partial charge >= 0.3 is 51.4 Å². The van der Waals surface area contributed by atoms with E-state index in [-0.39, 0.29) is 62.9 Å². The van der Waals surface area contributed by atoms with Crippen molar-refractivity contribution in [2.24, 2.45) is 0 Å². The second-order valence-corrected chi connectivity index (χ2v) is 3.78. The van der Waals surface area contributed by atoms with E-state index in [4.69, 9.17) is 32.6 Å². The molecule has 0 N–H and O–H groups in total. The molecule has 0 spiro atoms. The van der Waals surface area contributed by atoms with E-state index in [1.807, 2.05) is 6.92 Å². The maximum Gasteiger partial charge on any atom is 1.00 e. The van der Waals surface area contributed by atoms with E-state index in [0.717, 1.165) is 6.42 Å². The second kappa shape index (κ2) is 13.0. The van der Waals surface area contributed by atoms with Crippen LogP contribution in [0.1, 0.15) is 19.8 Å². The minimum Gasteiger partial charge on any atom is -0.214 e. The van der Waals surface area contributed by atoms with Crippen molar-refractivity contribution >= 4 is 11.6 Å². The van der Waals surface area contributed by atoms with Gasteiger partial charge in [0, 0.05) is 12.1 Å². The Morgan fingerprint density at radius 3 is 2.10 bits per heavy atom. The fourth-order valence-corrected chi connectivity index (χ4v) is 1.37. The van der Waals surface area contributed by atoms with Crippen LogP contribution in [0.25, 0.3) is 0 Å². The van der Waals surface area contributed by atoms with Gasteiger partial charge in [-0.15, -0.1) is 11.6 Å². The zero-order valence-electron chi connectivity index (χ0n) is 11.3. The van der Waals surface area contributed by atoms with Crippen molar-refractivity contribution in [2.75, 3.05) is 0 Å². The Morgan fingerprint density at radius 2 is 1.70 bits per heavy atom. The van der Waals surface area contributed by atoms with Crippen molar-refractivity contribution in [3.8, 4) is 24.3 Å². The molecule has 0 rings (SSSR count). The molecule has 0 aliphatic carbocycles. The van der Waals surface area contributed by atoms with Crippen molar-refractivity contribution in [1.29, 1.82) is 21.0 Å². The summed E-state index contributed by atoms with van der Waals surface area (Å²) in [4.78, 5) is 0. The first-order valence-electron chi connectivity index (χ1n) is 5.38. The largest absolute Gasteiger partial charge is 1.00 e. The zero-order chi connectivity index (χ0) is 14.7. The fourth-order valence-electron chi connectivity index (χ4n) is 1.16. The van der Waals surface area contributed by atoms with E-state index in [1.54, 1.807) is 24.3 Å². The molecule has 0 aliphatic rings. The third-order valence-electron chi connectivity index (χ3n) is 2.02. The van der Waals surface area contributed by atoms with Crippen LogP contribution in [0.5, 0.6) is 0 Å². The van der Waals surface area contributed by atoms with Gasteiger partial charge in [0.25, 0.3) is 0 Å². The number of hydrogen-bond donors (Lipinski definition) is 0. The van der Waals surface area contributed by atoms with E-state index in [2.05, 4.69) is 0 Å². The summed E-state index contributed by atoms with van der Waals surface area (Å²) in [5.74, 6) is -0.0706. The summed E-state index contributed by atoms with van der Waals surface area (Å²) in [6, 6.07) is 6.93. The molecular formula is C14H10ClKN4. The molecule has 0 fully saturated rings. The Kier molecular flexibility index (Phi) is 13.8. The van der Waals surface area contributed by atoms with Gasteiger partial charge in [0.1, 0.15) is 17.7 Å². The third-order valence-corrected chi connectivity index (χ3v) is 2.39. The van der Waals surface area contributed by atoms with Crippen LogP contribution in [-0.4, -0.2) is 0 Å². The summed E-state index contributed by atoms with van der Waals surface area (Å²) in [5.41, 5.74) is 0.577. The molecule has 4 nitrogen and oxygen atoms in total. The van der Waals surface area contributed by atoms with Crippen molar-refractivity contribution in [1.82, 2.24) is 0 Å². The molecule has 0 radical (unpaired) electrons. The Morgan fingerprint density at radius 1 is 1.15 bits per heavy atom. The van der Waals surface area contributed by atoms with Crippen LogP contribution >= 0.6 is 11.6 Å². The van der Waals surface area contributed by atoms with E-state index >= 15 is 0 Å². The molecule has 0 amide bonds. The van der Waals surface area contributed by atoms with Crippen LogP contribution in [0.15, 0.2) is 34.4 Å². The predicted octanol–water partition coefficient (Wildman–Crippen LogP) is 0.435. The number of halogens is 1. The normalized spacial score (nSPS) is 9.90. The molecular weight excluding hydrogens is 299 g/mol. The topological polar surface area (TPSA) is 95.2 Å². The standard InChI is InChI=1S/C14H10ClN4.K/c1-2-3-13(6-12(9-18)10-19)14(15)5-4-11(7-16)8-17;/h4-6H,2-3H2,1H3;/q-1;+1/b5-4+,14-13-;. The molecule has 0 heterocycles. The van der Waals surface area contributed by atoms with Gasteiger partial charge in [0.2, 0.25) is 0 Å². The van der Waals surface area contributed by atoms with E-state index in [9.17, 15) is 0 Å². The number of rotatable bonds is 5. The van der Waals surface area contributed by atoms with Gasteiger partial charge in [-0.2, -0.15) is 22.7 Å². The summed E-state index contributed by atoms with van der Waals surface area (Å²) < 4.78 is 0. The smallest absolute Gasteiger partial charge is 0.214 e. The Labute approximate surface area is 166 Å². The quantitative estimate of drug-likeness (QED) is 0.318. The average molecular weight is 309 g/mol. The van der Waals surface area contributed by atoms with Crippen LogP contribution in [0.3, 0.4) is 0 Å². The van der Waals surface area contributed by atoms with Gasteiger partial charge in [-0.25, -0.2) is 10.5 Å². The molecule has 0 aromatic heterocycles. The number of allylic oxidation sites excluding steroid dienone is 6. The molecule has 20 heavy (non-hydrogen) atoms. The van der Waals surface area contributed by atoms with E-state index in [1.165, 1.54) is 18.2 Å². The van der Waals surface area contributed by atoms with E-state index in [0.29, 0.717) is 17.0 Å². The first-order valence-corrected chi connectivity index (χ1v) is 5.76. The summed E-state index contributed by atoms with van der Waals surface area (Å²) in [6.07, 6.45) is 5.49. The second-order valence-electron chi connectivity index (χ2n) is 3.38. The number of nitriles is 4. The molecule has 0 atom stereocenters. The monoisotopic (exact) mass is 308 g/mol. The van der Waals surface area contributed by atoms with Gasteiger partial charge in [0.15, 0.2) is 0 Å². The summed E-state index contributed by atoms with van der Waals surface area (Å²) in [6.45, 7) is 1.93. The van der Waals surface area contributed by atoms with Crippen LogP contribution in [0, 0.1) is 51.2 Å². The molecule has 0 unspecified atom stereocenters. The summed E-state index contributed by atoms with van der Waals surface area (Å²) in [7, 11) is 0. The molecule has 6 heteroatoms. The average Bonchev–Trinajstić information content (AvgIpc) is 2.44. The Hall–Kier alpha value is -1.02. The van der Waals surface area contributed by atoms with Crippen molar-refractivity contribution in [3.05, 3.63) is 40.3 Å². The van der Waals surface area contributed by atoms with Crippen LogP contribution in [0.2, 0.25) is 0 Å². The minimum atomic E-state index is -0.0706. The van der Waals surface area contributed by atoms with Crippen molar-refractivity contribution in [3.63, 3.8) is 0 Å². The molecule has 0 aliphatic heterocycles. The molecule has 0 aromatic carbocycles. The minimum absolute atomic E-state index is 0. The van der Waals surface area contributed by atoms with Crippen molar-refractivity contribution in [2.45, 2.75) is 19.8 Å². The molecule has 0 saturated heterocycles. The van der Waals surface area contributed by atoms with Gasteiger partial charge in [-0.05, 0) is 29.0 Å². The molecule has 0 bridgehead atoms. The summed E-state index contributed by atoms with van der Waals surface area (Å²) >= 11 is 6.04. The van der Waals surface area contributed by atoms with Gasteiger partial charge < -0.3 is 0 Å². The SMILES string of the molecule is CCC/C(C=C(C#N)C#N)=C(Cl)\C=C\[C-](C#N)C#N.[K+]. The van der Waals surface area contributed by atoms with Crippen LogP contribution in [-0.2, 0) is 0 Å². The van der Waals surface area contributed by atoms with Gasteiger partial charge in [-0.1, -0.05) is 13.3 Å². The fraction of sp³-hybridized carbons (Fsp3) is 0.214. The molecule has 0 aromatic rings.